The maximum absolute atomic E-state index is 13.3. The average Bonchev–Trinajstić information content (AvgIpc) is 3.48. The van der Waals surface area contributed by atoms with Crippen LogP contribution in [0.1, 0.15) is 38.5 Å². The average molecular weight is 459 g/mol. The molecule has 4 fully saturated rings. The van der Waals surface area contributed by atoms with Gasteiger partial charge in [-0.2, -0.15) is 0 Å². The molecule has 2 aromatic carbocycles. The summed E-state index contributed by atoms with van der Waals surface area (Å²) in [6, 6.07) is 16.7. The van der Waals surface area contributed by atoms with Gasteiger partial charge in [-0.25, -0.2) is 9.59 Å². The first-order valence-corrected chi connectivity index (χ1v) is 12.4. The highest BCUT2D eigenvalue weighted by molar-refractivity contribution is 6.06. The molecular formula is C27H30N4O3. The Balaban J connectivity index is 1.15. The van der Waals surface area contributed by atoms with Gasteiger partial charge in [0.15, 0.2) is 0 Å². The highest BCUT2D eigenvalue weighted by atomic mass is 16.2. The molecule has 2 aliphatic heterocycles. The summed E-state index contributed by atoms with van der Waals surface area (Å²) < 4.78 is 0. The Labute approximate surface area is 199 Å². The molecule has 1 N–H and O–H groups in total. The van der Waals surface area contributed by atoms with Gasteiger partial charge in [-0.05, 0) is 36.3 Å². The molecule has 7 heteroatoms. The number of amides is 5. The van der Waals surface area contributed by atoms with Gasteiger partial charge in [0, 0.05) is 24.7 Å². The molecule has 0 radical (unpaired) electrons. The summed E-state index contributed by atoms with van der Waals surface area (Å²) >= 11 is 0. The fourth-order valence-corrected chi connectivity index (χ4v) is 6.23. The molecule has 2 saturated heterocycles. The number of benzene rings is 2. The largest absolute Gasteiger partial charge is 0.327 e. The number of carbonyl (C=O) groups excluding carboxylic acids is 3. The fourth-order valence-electron chi connectivity index (χ4n) is 6.23. The predicted octanol–water partition coefficient (Wildman–Crippen LogP) is 4.56. The summed E-state index contributed by atoms with van der Waals surface area (Å²) in [6.07, 6.45) is 6.83. The van der Waals surface area contributed by atoms with Crippen molar-refractivity contribution in [3.05, 3.63) is 54.6 Å². The van der Waals surface area contributed by atoms with Crippen LogP contribution in [0.2, 0.25) is 0 Å². The third kappa shape index (κ3) is 3.45. The number of para-hydroxylation sites is 1. The van der Waals surface area contributed by atoms with Crippen molar-refractivity contribution in [1.82, 2.24) is 14.7 Å². The van der Waals surface area contributed by atoms with E-state index < -0.39 is 6.04 Å². The SMILES string of the molecule is O=C(Nc1ccccc1-c1ccccc1)N1CCN2C(=O)N(C3CC34CCCCC4)C(=O)C2C1. The molecule has 34 heavy (non-hydrogen) atoms. The van der Waals surface area contributed by atoms with E-state index in [0.717, 1.165) is 36.1 Å². The second-order valence-corrected chi connectivity index (χ2v) is 10.1. The minimum atomic E-state index is -0.572. The van der Waals surface area contributed by atoms with Gasteiger partial charge in [0.1, 0.15) is 6.04 Å². The van der Waals surface area contributed by atoms with Crippen molar-refractivity contribution in [3.8, 4) is 11.1 Å². The first-order valence-electron chi connectivity index (χ1n) is 12.4. The lowest BCUT2D eigenvalue weighted by Gasteiger charge is -2.35. The molecule has 7 nitrogen and oxygen atoms in total. The van der Waals surface area contributed by atoms with Gasteiger partial charge >= 0.3 is 12.1 Å². The van der Waals surface area contributed by atoms with Crippen molar-refractivity contribution in [1.29, 1.82) is 0 Å². The van der Waals surface area contributed by atoms with Crippen LogP contribution >= 0.6 is 0 Å². The maximum atomic E-state index is 13.3. The number of carbonyl (C=O) groups is 3. The van der Waals surface area contributed by atoms with Crippen LogP contribution in [-0.4, -0.2) is 64.4 Å². The van der Waals surface area contributed by atoms with Crippen LogP contribution < -0.4 is 5.32 Å². The van der Waals surface area contributed by atoms with Crippen LogP contribution in [0.15, 0.2) is 54.6 Å². The number of fused-ring (bicyclic) bond motifs is 1. The van der Waals surface area contributed by atoms with Gasteiger partial charge in [-0.3, -0.25) is 9.69 Å². The van der Waals surface area contributed by atoms with Crippen LogP contribution in [0.4, 0.5) is 15.3 Å². The molecule has 4 aliphatic rings. The Kier molecular flexibility index (Phi) is 5.08. The van der Waals surface area contributed by atoms with Crippen LogP contribution in [-0.2, 0) is 4.79 Å². The Bertz CT molecular complexity index is 1130. The molecule has 0 aromatic heterocycles. The zero-order valence-electron chi connectivity index (χ0n) is 19.3. The van der Waals surface area contributed by atoms with E-state index in [0.29, 0.717) is 13.1 Å². The van der Waals surface area contributed by atoms with Crippen molar-refractivity contribution in [3.63, 3.8) is 0 Å². The predicted molar refractivity (Wildman–Crippen MR) is 129 cm³/mol. The third-order valence-corrected chi connectivity index (χ3v) is 8.20. The van der Waals surface area contributed by atoms with E-state index in [1.807, 2.05) is 54.6 Å². The lowest BCUT2D eigenvalue weighted by Crippen LogP contribution is -2.55. The quantitative estimate of drug-likeness (QED) is 0.686. The number of rotatable bonds is 3. The zero-order chi connectivity index (χ0) is 23.3. The second kappa shape index (κ2) is 8.15. The zero-order valence-corrected chi connectivity index (χ0v) is 19.3. The third-order valence-electron chi connectivity index (χ3n) is 8.20. The van der Waals surface area contributed by atoms with E-state index in [-0.39, 0.29) is 36.0 Å². The van der Waals surface area contributed by atoms with E-state index in [1.165, 1.54) is 19.3 Å². The highest BCUT2D eigenvalue weighted by Crippen LogP contribution is 2.59. The standard InChI is InChI=1S/C27H30N4O3/c32-24-22-18-29(25(33)28-21-12-6-5-11-20(21)19-9-3-1-4-10-19)15-16-30(22)26(34)31(24)23-17-27(23)13-7-2-8-14-27/h1,3-6,9-12,22-23H,2,7-8,13-18H2,(H,28,33). The number of nitrogens with zero attached hydrogens (tertiary/aromatic N) is 3. The number of anilines is 1. The summed E-state index contributed by atoms with van der Waals surface area (Å²) in [6.45, 7) is 1.04. The molecule has 2 atom stereocenters. The monoisotopic (exact) mass is 458 g/mol. The van der Waals surface area contributed by atoms with Crippen LogP contribution in [0, 0.1) is 5.41 Å². The molecule has 176 valence electrons. The minimum Gasteiger partial charge on any atom is -0.320 e. The number of imide groups is 1. The lowest BCUT2D eigenvalue weighted by molar-refractivity contribution is -0.129. The van der Waals surface area contributed by atoms with Gasteiger partial charge in [0.2, 0.25) is 0 Å². The van der Waals surface area contributed by atoms with E-state index >= 15 is 0 Å². The fraction of sp³-hybridized carbons (Fsp3) is 0.444. The molecule has 5 amide bonds. The Morgan fingerprint density at radius 2 is 1.65 bits per heavy atom. The second-order valence-electron chi connectivity index (χ2n) is 10.1. The highest BCUT2D eigenvalue weighted by Gasteiger charge is 2.63. The van der Waals surface area contributed by atoms with Crippen molar-refractivity contribution in [2.45, 2.75) is 50.6 Å². The minimum absolute atomic E-state index is 0.0541. The molecule has 6 rings (SSSR count). The number of hydrogen-bond acceptors (Lipinski definition) is 3. The van der Waals surface area contributed by atoms with Gasteiger partial charge in [-0.15, -0.1) is 0 Å². The summed E-state index contributed by atoms with van der Waals surface area (Å²) in [4.78, 5) is 44.5. The normalized spacial score (nSPS) is 25.5. The molecule has 1 spiro atoms. The lowest BCUT2D eigenvalue weighted by atomic mass is 9.85. The number of urea groups is 2. The van der Waals surface area contributed by atoms with Gasteiger partial charge in [0.05, 0.1) is 12.2 Å². The molecular weight excluding hydrogens is 428 g/mol. The Hall–Kier alpha value is -3.35. The van der Waals surface area contributed by atoms with Crippen molar-refractivity contribution >= 4 is 23.7 Å². The van der Waals surface area contributed by atoms with Crippen LogP contribution in [0.3, 0.4) is 0 Å². The van der Waals surface area contributed by atoms with Crippen LogP contribution in [0.25, 0.3) is 11.1 Å². The molecule has 2 aliphatic carbocycles. The van der Waals surface area contributed by atoms with Crippen LogP contribution in [0.5, 0.6) is 0 Å². The summed E-state index contributed by atoms with van der Waals surface area (Å²) in [7, 11) is 0. The van der Waals surface area contributed by atoms with Gasteiger partial charge < -0.3 is 15.1 Å². The first-order chi connectivity index (χ1) is 16.6. The smallest absolute Gasteiger partial charge is 0.320 e. The van der Waals surface area contributed by atoms with Gasteiger partial charge in [-0.1, -0.05) is 67.8 Å². The van der Waals surface area contributed by atoms with Crippen molar-refractivity contribution in [2.24, 2.45) is 5.41 Å². The molecule has 2 heterocycles. The van der Waals surface area contributed by atoms with E-state index in [1.54, 1.807) is 14.7 Å². The summed E-state index contributed by atoms with van der Waals surface area (Å²) in [5.41, 5.74) is 2.86. The number of piperazine rings is 1. The maximum Gasteiger partial charge on any atom is 0.327 e. The molecule has 2 saturated carbocycles. The Morgan fingerprint density at radius 3 is 2.44 bits per heavy atom. The molecule has 2 unspecified atom stereocenters. The summed E-state index contributed by atoms with van der Waals surface area (Å²) in [5, 5.41) is 3.04. The van der Waals surface area contributed by atoms with Crippen molar-refractivity contribution < 1.29 is 14.4 Å². The van der Waals surface area contributed by atoms with E-state index in [4.69, 9.17) is 0 Å². The van der Waals surface area contributed by atoms with E-state index in [2.05, 4.69) is 5.32 Å². The summed E-state index contributed by atoms with van der Waals surface area (Å²) in [5.74, 6) is -0.125. The number of nitrogens with one attached hydrogen (secondary N) is 1. The van der Waals surface area contributed by atoms with Crippen molar-refractivity contribution in [2.75, 3.05) is 25.0 Å². The van der Waals surface area contributed by atoms with Gasteiger partial charge in [0.25, 0.3) is 5.91 Å². The van der Waals surface area contributed by atoms with E-state index in [9.17, 15) is 14.4 Å². The molecule has 0 bridgehead atoms. The Morgan fingerprint density at radius 1 is 0.912 bits per heavy atom. The topological polar surface area (TPSA) is 73.0 Å². The number of hydrogen-bond donors (Lipinski definition) is 1. The first kappa shape index (κ1) is 21.2. The molecule has 2 aromatic rings.